The van der Waals surface area contributed by atoms with Crippen LogP contribution in [-0.4, -0.2) is 28.2 Å². The Morgan fingerprint density at radius 3 is 2.15 bits per heavy atom. The molecule has 0 atom stereocenters. The molecule has 78 valence electrons. The molecule has 0 unspecified atom stereocenters. The van der Waals surface area contributed by atoms with E-state index in [1.807, 2.05) is 20.8 Å². The second kappa shape index (κ2) is 5.04. The maximum Gasteiger partial charge on any atom is 0.153 e. The average Bonchev–Trinajstić information content (AvgIpc) is 2.16. The summed E-state index contributed by atoms with van der Waals surface area (Å²) >= 11 is 0. The topological polar surface area (TPSA) is 87.9 Å². The lowest BCUT2D eigenvalue weighted by Crippen LogP contribution is -2.45. The molecule has 5 N–H and O–H groups in total. The van der Waals surface area contributed by atoms with Gasteiger partial charge in [0.25, 0.3) is 0 Å². The second-order valence-corrected chi connectivity index (χ2v) is 2.98. The third kappa shape index (κ3) is 3.20. The van der Waals surface area contributed by atoms with Crippen molar-refractivity contribution in [1.29, 1.82) is 0 Å². The van der Waals surface area contributed by atoms with Crippen LogP contribution in [0.1, 0.15) is 33.6 Å². The first-order chi connectivity index (χ1) is 6.00. The molecule has 0 spiro atoms. The lowest BCUT2D eigenvalue weighted by molar-refractivity contribution is 0.0989. The molecule has 0 saturated carbocycles. The van der Waals surface area contributed by atoms with Crippen molar-refractivity contribution >= 4 is 5.84 Å². The lowest BCUT2D eigenvalue weighted by atomic mass is 9.96. The smallest absolute Gasteiger partial charge is 0.153 e. The van der Waals surface area contributed by atoms with Crippen molar-refractivity contribution in [2.24, 2.45) is 16.7 Å². The molecule has 13 heavy (non-hydrogen) atoms. The molecule has 0 heterocycles. The molecular weight excluding hydrogens is 168 g/mol. The standard InChI is InChI=1S/C8H20N4O/c1-4-8(13,5-2)7(9)11-12(10)6-3/h13H,4-6,10H2,1-3H3,(H2,9,11). The van der Waals surface area contributed by atoms with Crippen molar-refractivity contribution in [2.75, 3.05) is 6.54 Å². The molecule has 5 heteroatoms. The van der Waals surface area contributed by atoms with Gasteiger partial charge in [-0.2, -0.15) is 0 Å². The first kappa shape index (κ1) is 12.2. The molecule has 0 bridgehead atoms. The van der Waals surface area contributed by atoms with E-state index < -0.39 is 5.60 Å². The van der Waals surface area contributed by atoms with Crippen molar-refractivity contribution in [3.8, 4) is 0 Å². The highest BCUT2D eigenvalue weighted by molar-refractivity contribution is 5.88. The Hall–Kier alpha value is -0.810. The Bertz CT molecular complexity index is 177. The van der Waals surface area contributed by atoms with Crippen LogP contribution in [-0.2, 0) is 0 Å². The van der Waals surface area contributed by atoms with Gasteiger partial charge in [0, 0.05) is 0 Å². The normalized spacial score (nSPS) is 13.2. The summed E-state index contributed by atoms with van der Waals surface area (Å²) in [6, 6.07) is 0. The van der Waals surface area contributed by atoms with Gasteiger partial charge in [-0.25, -0.2) is 11.0 Å². The van der Waals surface area contributed by atoms with Crippen LogP contribution >= 0.6 is 0 Å². The molecule has 0 aliphatic carbocycles. The summed E-state index contributed by atoms with van der Waals surface area (Å²) in [7, 11) is 0. The van der Waals surface area contributed by atoms with Crippen molar-refractivity contribution in [1.82, 2.24) is 5.12 Å². The second-order valence-electron chi connectivity index (χ2n) is 2.98. The molecule has 0 aromatic carbocycles. The summed E-state index contributed by atoms with van der Waals surface area (Å²) in [6.45, 7) is 6.13. The number of amidine groups is 1. The highest BCUT2D eigenvalue weighted by atomic mass is 16.3. The van der Waals surface area contributed by atoms with Crippen LogP contribution in [0.3, 0.4) is 0 Å². The van der Waals surface area contributed by atoms with Crippen LogP contribution in [0.15, 0.2) is 5.10 Å². The third-order valence-electron chi connectivity index (χ3n) is 2.21. The number of rotatable bonds is 5. The SMILES string of the molecule is CCN(N)/N=C(\N)C(O)(CC)CC. The largest absolute Gasteiger partial charge is 0.383 e. The predicted molar refractivity (Wildman–Crippen MR) is 53.7 cm³/mol. The average molecular weight is 188 g/mol. The van der Waals surface area contributed by atoms with Crippen molar-refractivity contribution < 1.29 is 5.11 Å². The van der Waals surface area contributed by atoms with E-state index >= 15 is 0 Å². The summed E-state index contributed by atoms with van der Waals surface area (Å²) in [5, 5.41) is 15.0. The van der Waals surface area contributed by atoms with Gasteiger partial charge in [-0.05, 0) is 19.8 Å². The summed E-state index contributed by atoms with van der Waals surface area (Å²) in [5.41, 5.74) is 4.61. The number of hydrazone groups is 1. The molecule has 5 nitrogen and oxygen atoms in total. The maximum absolute atomic E-state index is 9.90. The first-order valence-corrected chi connectivity index (χ1v) is 4.59. The monoisotopic (exact) mass is 188 g/mol. The van der Waals surface area contributed by atoms with Gasteiger partial charge in [-0.1, -0.05) is 13.8 Å². The van der Waals surface area contributed by atoms with E-state index in [4.69, 9.17) is 11.6 Å². The van der Waals surface area contributed by atoms with E-state index in [0.717, 1.165) is 0 Å². The number of hydrogen-bond donors (Lipinski definition) is 3. The number of hydrazine groups is 1. The fourth-order valence-corrected chi connectivity index (χ4v) is 0.914. The van der Waals surface area contributed by atoms with Gasteiger partial charge in [0.15, 0.2) is 5.84 Å². The zero-order valence-corrected chi connectivity index (χ0v) is 8.62. The summed E-state index contributed by atoms with van der Waals surface area (Å²) in [6.07, 6.45) is 1.08. The molecule has 0 aromatic rings. The fourth-order valence-electron chi connectivity index (χ4n) is 0.914. The highest BCUT2D eigenvalue weighted by Crippen LogP contribution is 2.14. The van der Waals surface area contributed by atoms with Gasteiger partial charge in [0.05, 0.1) is 6.54 Å². The van der Waals surface area contributed by atoms with Crippen molar-refractivity contribution in [3.05, 3.63) is 0 Å². The summed E-state index contributed by atoms with van der Waals surface area (Å²) in [5.74, 6) is 5.62. The minimum absolute atomic E-state index is 0.182. The van der Waals surface area contributed by atoms with Crippen LogP contribution < -0.4 is 11.6 Å². The molecule has 0 fully saturated rings. The molecule has 0 aromatic heterocycles. The summed E-state index contributed by atoms with van der Waals surface area (Å²) in [4.78, 5) is 0. The minimum Gasteiger partial charge on any atom is -0.383 e. The van der Waals surface area contributed by atoms with Crippen molar-refractivity contribution in [2.45, 2.75) is 39.2 Å². The molecular formula is C8H20N4O. The van der Waals surface area contributed by atoms with Crippen LogP contribution in [0.25, 0.3) is 0 Å². The van der Waals surface area contributed by atoms with E-state index in [1.54, 1.807) is 0 Å². The van der Waals surface area contributed by atoms with Gasteiger partial charge in [-0.3, -0.25) is 0 Å². The van der Waals surface area contributed by atoms with Gasteiger partial charge < -0.3 is 10.8 Å². The molecule has 0 saturated heterocycles. The van der Waals surface area contributed by atoms with E-state index in [-0.39, 0.29) is 5.84 Å². The number of nitrogens with two attached hydrogens (primary N) is 2. The fraction of sp³-hybridized carbons (Fsp3) is 0.875. The molecule has 0 aliphatic heterocycles. The first-order valence-electron chi connectivity index (χ1n) is 4.59. The van der Waals surface area contributed by atoms with Crippen LogP contribution in [0.4, 0.5) is 0 Å². The molecule has 0 aliphatic rings. The van der Waals surface area contributed by atoms with E-state index in [1.165, 1.54) is 5.12 Å². The number of aliphatic hydroxyl groups is 1. The van der Waals surface area contributed by atoms with Gasteiger partial charge in [-0.15, -0.1) is 5.10 Å². The Balaban J connectivity index is 4.53. The van der Waals surface area contributed by atoms with Crippen LogP contribution in [0.5, 0.6) is 0 Å². The Morgan fingerprint density at radius 1 is 1.38 bits per heavy atom. The van der Waals surface area contributed by atoms with E-state index in [2.05, 4.69) is 5.10 Å². The predicted octanol–water partition coefficient (Wildman–Crippen LogP) is 0.00530. The van der Waals surface area contributed by atoms with Gasteiger partial charge in [0.1, 0.15) is 5.60 Å². The summed E-state index contributed by atoms with van der Waals surface area (Å²) < 4.78 is 0. The molecule has 0 radical (unpaired) electrons. The molecule has 0 amide bonds. The molecule has 0 rings (SSSR count). The number of hydrogen-bond acceptors (Lipinski definition) is 4. The van der Waals surface area contributed by atoms with Crippen LogP contribution in [0.2, 0.25) is 0 Å². The van der Waals surface area contributed by atoms with E-state index in [9.17, 15) is 5.11 Å². The third-order valence-corrected chi connectivity index (χ3v) is 2.21. The lowest BCUT2D eigenvalue weighted by Gasteiger charge is -2.25. The van der Waals surface area contributed by atoms with Crippen LogP contribution in [0, 0.1) is 0 Å². The Morgan fingerprint density at radius 2 is 1.85 bits per heavy atom. The van der Waals surface area contributed by atoms with Crippen molar-refractivity contribution in [3.63, 3.8) is 0 Å². The highest BCUT2D eigenvalue weighted by Gasteiger charge is 2.27. The zero-order chi connectivity index (χ0) is 10.5. The van der Waals surface area contributed by atoms with Gasteiger partial charge >= 0.3 is 0 Å². The Labute approximate surface area is 79.4 Å². The van der Waals surface area contributed by atoms with E-state index in [0.29, 0.717) is 19.4 Å². The Kier molecular flexibility index (Phi) is 4.72. The maximum atomic E-state index is 9.90. The number of nitrogens with zero attached hydrogens (tertiary/aromatic N) is 2. The minimum atomic E-state index is -1.02. The quantitative estimate of drug-likeness (QED) is 0.245. The van der Waals surface area contributed by atoms with Gasteiger partial charge in [0.2, 0.25) is 0 Å². The zero-order valence-electron chi connectivity index (χ0n) is 8.62.